The monoisotopic (exact) mass is 584 g/mol. The second-order valence-corrected chi connectivity index (χ2v) is 11.0. The molecule has 10 heteroatoms. The van der Waals surface area contributed by atoms with Gasteiger partial charge in [-0.15, -0.1) is 0 Å². The third-order valence-electron chi connectivity index (χ3n) is 7.55. The molecule has 3 aromatic rings. The fraction of sp³-hybridized carbons (Fsp3) is 0.267. The van der Waals surface area contributed by atoms with Crippen LogP contribution in [-0.4, -0.2) is 34.3 Å². The number of rotatable bonds is 7. The van der Waals surface area contributed by atoms with Crippen molar-refractivity contribution in [1.82, 2.24) is 15.4 Å². The quantitative estimate of drug-likeness (QED) is 0.157. The van der Waals surface area contributed by atoms with Crippen LogP contribution < -0.4 is 11.1 Å². The summed E-state index contributed by atoms with van der Waals surface area (Å²) in [6.07, 6.45) is 5.10. The molecule has 5 rings (SSSR count). The van der Waals surface area contributed by atoms with Crippen LogP contribution in [0.2, 0.25) is 10.0 Å². The average Bonchev–Trinajstić information content (AvgIpc) is 3.66. The van der Waals surface area contributed by atoms with Crippen LogP contribution in [0, 0.1) is 25.6 Å². The van der Waals surface area contributed by atoms with Gasteiger partial charge in [0.15, 0.2) is 0 Å². The van der Waals surface area contributed by atoms with Gasteiger partial charge in [-0.05, 0) is 78.9 Å². The predicted octanol–water partition coefficient (Wildman–Crippen LogP) is 7.08. The van der Waals surface area contributed by atoms with E-state index in [9.17, 15) is 18.8 Å². The minimum absolute atomic E-state index is 0.0205. The summed E-state index contributed by atoms with van der Waals surface area (Å²) in [6.45, 7) is 4.26. The molecule has 2 aromatic carbocycles. The van der Waals surface area contributed by atoms with Crippen molar-refractivity contribution in [1.29, 1.82) is 0 Å². The molecule has 0 bridgehead atoms. The maximum Gasteiger partial charge on any atom is 0.251 e. The van der Waals surface area contributed by atoms with E-state index in [1.807, 2.05) is 26.0 Å². The molecule has 4 N–H and O–H groups in total. The van der Waals surface area contributed by atoms with Crippen LogP contribution in [-0.2, 0) is 0 Å². The van der Waals surface area contributed by atoms with Gasteiger partial charge in [-0.1, -0.05) is 35.4 Å². The SMILES string of the molecule is Cc1cc(C(=O)NCC(c2cc(C3CN3O)c(C)c(-c3ccc(F)c(Cl)c3Cl)n2)C2C=CC=C(F)C2)ccc1N. The minimum Gasteiger partial charge on any atom is -0.399 e. The molecule has 1 aliphatic heterocycles. The van der Waals surface area contributed by atoms with Gasteiger partial charge in [-0.3, -0.25) is 9.78 Å². The zero-order valence-electron chi connectivity index (χ0n) is 21.9. The third-order valence-corrected chi connectivity index (χ3v) is 8.40. The number of hydroxylamine groups is 2. The van der Waals surface area contributed by atoms with Gasteiger partial charge >= 0.3 is 0 Å². The first-order chi connectivity index (χ1) is 19.0. The van der Waals surface area contributed by atoms with Gasteiger partial charge in [0.05, 0.1) is 21.8 Å². The fourth-order valence-electron chi connectivity index (χ4n) is 5.08. The number of carbonyl (C=O) groups is 1. The van der Waals surface area contributed by atoms with Gasteiger partial charge in [-0.2, -0.15) is 5.06 Å². The molecular weight excluding hydrogens is 557 g/mol. The number of amides is 1. The number of nitrogen functional groups attached to an aromatic ring is 1. The number of nitrogens with two attached hydrogens (primary N) is 1. The Labute approximate surface area is 241 Å². The number of aryl methyl sites for hydroxylation is 1. The normalized spacial score (nSPS) is 20.7. The molecule has 1 fully saturated rings. The van der Waals surface area contributed by atoms with Crippen LogP contribution in [0.5, 0.6) is 0 Å². The van der Waals surface area contributed by atoms with Crippen molar-refractivity contribution in [2.45, 2.75) is 32.2 Å². The number of benzene rings is 2. The lowest BCUT2D eigenvalue weighted by molar-refractivity contribution is 0.0182. The summed E-state index contributed by atoms with van der Waals surface area (Å²) < 4.78 is 28.6. The van der Waals surface area contributed by atoms with Crippen LogP contribution in [0.1, 0.15) is 51.1 Å². The lowest BCUT2D eigenvalue weighted by Crippen LogP contribution is -2.32. The number of carbonyl (C=O) groups excluding carboxylic acids is 1. The predicted molar refractivity (Wildman–Crippen MR) is 153 cm³/mol. The molecule has 0 radical (unpaired) electrons. The summed E-state index contributed by atoms with van der Waals surface area (Å²) in [6, 6.07) is 9.40. The molecule has 40 heavy (non-hydrogen) atoms. The zero-order valence-corrected chi connectivity index (χ0v) is 23.4. The van der Waals surface area contributed by atoms with Gasteiger partial charge in [0.25, 0.3) is 5.91 Å². The molecule has 1 saturated heterocycles. The summed E-state index contributed by atoms with van der Waals surface area (Å²) >= 11 is 12.6. The molecule has 208 valence electrons. The topological polar surface area (TPSA) is 91.2 Å². The molecule has 0 saturated carbocycles. The molecule has 1 aliphatic carbocycles. The van der Waals surface area contributed by atoms with Crippen molar-refractivity contribution in [3.63, 3.8) is 0 Å². The van der Waals surface area contributed by atoms with Gasteiger partial charge in [-0.25, -0.2) is 8.78 Å². The standard InChI is InChI=1S/C30H28Cl2F2N4O2/c1-15-10-18(6-9-24(15)35)30(39)36-13-22(17-4-3-5-19(33)11-17)25-12-21(26-14-38(26)40)16(2)29(37-25)20-7-8-23(34)28(32)27(20)31/h3-10,12,17,22,26,40H,11,13-14,35H2,1-2H3,(H,36,39). The fourth-order valence-corrected chi connectivity index (χ4v) is 5.49. The number of anilines is 1. The molecule has 0 spiro atoms. The van der Waals surface area contributed by atoms with E-state index < -0.39 is 11.7 Å². The van der Waals surface area contributed by atoms with E-state index in [1.165, 1.54) is 23.3 Å². The molecule has 4 unspecified atom stereocenters. The summed E-state index contributed by atoms with van der Waals surface area (Å²) in [5.74, 6) is -1.98. The molecular formula is C30H28Cl2F2N4O2. The summed E-state index contributed by atoms with van der Waals surface area (Å²) in [5, 5.41) is 14.1. The first-order valence-electron chi connectivity index (χ1n) is 12.8. The number of nitrogens with one attached hydrogen (secondary N) is 1. The number of aromatic nitrogens is 1. The Hall–Kier alpha value is -3.30. The molecule has 6 nitrogen and oxygen atoms in total. The van der Waals surface area contributed by atoms with E-state index >= 15 is 0 Å². The van der Waals surface area contributed by atoms with Crippen LogP contribution in [0.15, 0.2) is 60.5 Å². The molecule has 2 heterocycles. The van der Waals surface area contributed by atoms with Crippen molar-refractivity contribution in [3.8, 4) is 11.3 Å². The smallest absolute Gasteiger partial charge is 0.251 e. The van der Waals surface area contributed by atoms with Crippen LogP contribution >= 0.6 is 23.2 Å². The number of hydrogen-bond acceptors (Lipinski definition) is 5. The zero-order chi connectivity index (χ0) is 28.7. The van der Waals surface area contributed by atoms with Crippen molar-refractivity contribution in [2.24, 2.45) is 5.92 Å². The van der Waals surface area contributed by atoms with Crippen LogP contribution in [0.25, 0.3) is 11.3 Å². The number of halogens is 4. The Morgan fingerprint density at radius 3 is 2.62 bits per heavy atom. The van der Waals surface area contributed by atoms with Gasteiger partial charge in [0.2, 0.25) is 0 Å². The molecule has 2 aliphatic rings. The Morgan fingerprint density at radius 1 is 1.20 bits per heavy atom. The van der Waals surface area contributed by atoms with E-state index in [1.54, 1.807) is 24.3 Å². The minimum atomic E-state index is -0.652. The van der Waals surface area contributed by atoms with Crippen LogP contribution in [0.4, 0.5) is 14.5 Å². The maximum atomic E-state index is 14.5. The third kappa shape index (κ3) is 5.63. The summed E-state index contributed by atoms with van der Waals surface area (Å²) in [5.41, 5.74) is 10.8. The second-order valence-electron chi connectivity index (χ2n) is 10.2. The highest BCUT2D eigenvalue weighted by atomic mass is 35.5. The first kappa shape index (κ1) is 28.2. The number of hydrogen-bond donors (Lipinski definition) is 3. The Balaban J connectivity index is 1.57. The van der Waals surface area contributed by atoms with Crippen LogP contribution in [0.3, 0.4) is 0 Å². The molecule has 1 amide bonds. The number of nitrogens with zero attached hydrogens (tertiary/aromatic N) is 2. The van der Waals surface area contributed by atoms with E-state index in [2.05, 4.69) is 5.32 Å². The Kier molecular flexibility index (Phi) is 7.97. The highest BCUT2D eigenvalue weighted by Crippen LogP contribution is 2.43. The highest BCUT2D eigenvalue weighted by molar-refractivity contribution is 6.43. The van der Waals surface area contributed by atoms with Gasteiger partial charge in [0, 0.05) is 47.9 Å². The Bertz CT molecular complexity index is 1560. The maximum absolute atomic E-state index is 14.5. The lowest BCUT2D eigenvalue weighted by Gasteiger charge is -2.27. The second kappa shape index (κ2) is 11.3. The first-order valence-corrected chi connectivity index (χ1v) is 13.6. The van der Waals surface area contributed by atoms with E-state index in [4.69, 9.17) is 33.9 Å². The molecule has 1 aromatic heterocycles. The van der Waals surface area contributed by atoms with Crippen molar-refractivity contribution >= 4 is 34.8 Å². The van der Waals surface area contributed by atoms with Gasteiger partial charge < -0.3 is 16.3 Å². The van der Waals surface area contributed by atoms with Crippen molar-refractivity contribution in [2.75, 3.05) is 18.8 Å². The summed E-state index contributed by atoms with van der Waals surface area (Å²) in [7, 11) is 0. The largest absolute Gasteiger partial charge is 0.399 e. The lowest BCUT2D eigenvalue weighted by atomic mass is 9.82. The van der Waals surface area contributed by atoms with Crippen molar-refractivity contribution in [3.05, 3.63) is 104 Å². The molecule has 4 atom stereocenters. The Morgan fingerprint density at radius 2 is 1.95 bits per heavy atom. The van der Waals surface area contributed by atoms with E-state index in [0.29, 0.717) is 34.7 Å². The highest BCUT2D eigenvalue weighted by Gasteiger charge is 2.38. The van der Waals surface area contributed by atoms with E-state index in [0.717, 1.165) is 16.7 Å². The summed E-state index contributed by atoms with van der Waals surface area (Å²) in [4.78, 5) is 18.0. The van der Waals surface area contributed by atoms with E-state index in [-0.39, 0.29) is 46.7 Å². The van der Waals surface area contributed by atoms with Gasteiger partial charge in [0.1, 0.15) is 11.6 Å². The van der Waals surface area contributed by atoms with Crippen molar-refractivity contribution < 1.29 is 18.8 Å². The number of pyridine rings is 1. The number of allylic oxidation sites excluding steroid dienone is 4. The average molecular weight is 585 g/mol.